The molecule has 2 heterocycles. The van der Waals surface area contributed by atoms with Crippen molar-refractivity contribution in [1.29, 1.82) is 0 Å². The lowest BCUT2D eigenvalue weighted by Gasteiger charge is -2.27. The van der Waals surface area contributed by atoms with E-state index >= 15 is 0 Å². The van der Waals surface area contributed by atoms with Crippen LogP contribution in [0.4, 0.5) is 5.82 Å². The van der Waals surface area contributed by atoms with Gasteiger partial charge in [0, 0.05) is 35.9 Å². The molecule has 1 atom stereocenters. The zero-order valence-electron chi connectivity index (χ0n) is 12.2. The Hall–Kier alpha value is -1.68. The van der Waals surface area contributed by atoms with Crippen LogP contribution in [0.2, 0.25) is 0 Å². The van der Waals surface area contributed by atoms with Crippen molar-refractivity contribution in [3.8, 4) is 0 Å². The van der Waals surface area contributed by atoms with Gasteiger partial charge in [0.1, 0.15) is 0 Å². The molecule has 0 saturated carbocycles. The van der Waals surface area contributed by atoms with Crippen LogP contribution in [0.15, 0.2) is 30.5 Å². The van der Waals surface area contributed by atoms with E-state index in [-0.39, 0.29) is 0 Å². The van der Waals surface area contributed by atoms with Gasteiger partial charge in [0.15, 0.2) is 5.82 Å². The van der Waals surface area contributed by atoms with Crippen molar-refractivity contribution in [2.45, 2.75) is 38.8 Å². The van der Waals surface area contributed by atoms with Crippen molar-refractivity contribution in [3.63, 3.8) is 0 Å². The Morgan fingerprint density at radius 2 is 2.20 bits per heavy atom. The molecule has 0 bridgehead atoms. The molecule has 1 saturated heterocycles. The van der Waals surface area contributed by atoms with Gasteiger partial charge in [-0.25, -0.2) is 0 Å². The summed E-state index contributed by atoms with van der Waals surface area (Å²) in [6.07, 6.45) is 4.30. The Balaban J connectivity index is 1.89. The lowest BCUT2D eigenvalue weighted by atomic mass is 10.1. The second-order valence-electron chi connectivity index (χ2n) is 5.81. The van der Waals surface area contributed by atoms with Crippen molar-refractivity contribution in [3.05, 3.63) is 30.5 Å². The van der Waals surface area contributed by atoms with Crippen LogP contribution in [-0.2, 0) is 0 Å². The maximum absolute atomic E-state index is 4.41. The van der Waals surface area contributed by atoms with E-state index in [9.17, 15) is 0 Å². The molecule has 4 heteroatoms. The molecule has 1 aromatic carbocycles. The van der Waals surface area contributed by atoms with Gasteiger partial charge in [-0.1, -0.05) is 38.1 Å². The molecular weight excluding hydrogens is 248 g/mol. The first-order valence-corrected chi connectivity index (χ1v) is 7.46. The zero-order valence-corrected chi connectivity index (χ0v) is 12.2. The first-order valence-electron chi connectivity index (χ1n) is 7.46. The highest BCUT2D eigenvalue weighted by Gasteiger charge is 2.27. The summed E-state index contributed by atoms with van der Waals surface area (Å²) in [6, 6.07) is 9.42. The summed E-state index contributed by atoms with van der Waals surface area (Å²) in [5.74, 6) is 1.04. The first-order chi connectivity index (χ1) is 9.75. The Bertz CT molecular complexity index is 576. The van der Waals surface area contributed by atoms with Crippen molar-refractivity contribution in [2.24, 2.45) is 0 Å². The van der Waals surface area contributed by atoms with E-state index in [4.69, 9.17) is 0 Å². The third-order valence-electron chi connectivity index (χ3n) is 3.96. The number of fused-ring (bicyclic) bond motifs is 1. The van der Waals surface area contributed by atoms with Gasteiger partial charge in [-0.2, -0.15) is 5.10 Å². The minimum atomic E-state index is 0.524. The van der Waals surface area contributed by atoms with Crippen LogP contribution in [0.25, 0.3) is 10.8 Å². The molecule has 1 aromatic heterocycles. The van der Waals surface area contributed by atoms with E-state index in [1.165, 1.54) is 23.6 Å². The number of anilines is 1. The van der Waals surface area contributed by atoms with E-state index in [0.29, 0.717) is 12.1 Å². The minimum absolute atomic E-state index is 0.524. The maximum Gasteiger partial charge on any atom is 0.159 e. The maximum atomic E-state index is 4.41. The van der Waals surface area contributed by atoms with E-state index in [1.807, 2.05) is 6.20 Å². The van der Waals surface area contributed by atoms with E-state index in [0.717, 1.165) is 18.9 Å². The first kappa shape index (κ1) is 13.3. The van der Waals surface area contributed by atoms with Crippen LogP contribution in [0.5, 0.6) is 0 Å². The number of aromatic nitrogens is 2. The molecule has 1 unspecified atom stereocenters. The molecule has 106 valence electrons. The van der Waals surface area contributed by atoms with Gasteiger partial charge < -0.3 is 10.2 Å². The Labute approximate surface area is 120 Å². The van der Waals surface area contributed by atoms with Gasteiger partial charge in [-0.15, -0.1) is 5.10 Å². The summed E-state index contributed by atoms with van der Waals surface area (Å²) >= 11 is 0. The Kier molecular flexibility index (Phi) is 3.83. The van der Waals surface area contributed by atoms with Crippen LogP contribution in [-0.4, -0.2) is 35.4 Å². The zero-order chi connectivity index (χ0) is 13.9. The van der Waals surface area contributed by atoms with Crippen LogP contribution in [0, 0.1) is 0 Å². The number of nitrogens with one attached hydrogen (secondary N) is 1. The summed E-state index contributed by atoms with van der Waals surface area (Å²) in [4.78, 5) is 2.42. The molecule has 1 fully saturated rings. The molecule has 4 nitrogen and oxygen atoms in total. The SMILES string of the molecule is CC(C)NCC1CCCN1c1nncc2ccccc12. The standard InChI is InChI=1S/C16H22N4/c1-12(2)17-11-14-7-5-9-20(14)16-15-8-4-3-6-13(15)10-18-19-16/h3-4,6,8,10,12,14,17H,5,7,9,11H2,1-2H3. The number of rotatable bonds is 4. The molecule has 3 rings (SSSR count). The molecule has 1 N–H and O–H groups in total. The van der Waals surface area contributed by atoms with Crippen LogP contribution >= 0.6 is 0 Å². The van der Waals surface area contributed by atoms with Gasteiger partial charge in [0.25, 0.3) is 0 Å². The van der Waals surface area contributed by atoms with Gasteiger partial charge in [-0.05, 0) is 12.8 Å². The third kappa shape index (κ3) is 2.61. The summed E-state index contributed by atoms with van der Waals surface area (Å²) in [5.41, 5.74) is 0. The summed E-state index contributed by atoms with van der Waals surface area (Å²) in [6.45, 7) is 6.48. The normalized spacial score (nSPS) is 19.1. The molecule has 1 aliphatic heterocycles. The number of hydrogen-bond donors (Lipinski definition) is 1. The Morgan fingerprint density at radius 1 is 1.35 bits per heavy atom. The number of hydrogen-bond acceptors (Lipinski definition) is 4. The van der Waals surface area contributed by atoms with Crippen LogP contribution in [0.3, 0.4) is 0 Å². The van der Waals surface area contributed by atoms with Crippen molar-refractivity contribution in [1.82, 2.24) is 15.5 Å². The molecule has 0 spiro atoms. The van der Waals surface area contributed by atoms with Crippen molar-refractivity contribution >= 4 is 16.6 Å². The van der Waals surface area contributed by atoms with Gasteiger partial charge in [0.2, 0.25) is 0 Å². The topological polar surface area (TPSA) is 41.0 Å². The van der Waals surface area contributed by atoms with E-state index in [1.54, 1.807) is 0 Å². The monoisotopic (exact) mass is 270 g/mol. The van der Waals surface area contributed by atoms with E-state index < -0.39 is 0 Å². The summed E-state index contributed by atoms with van der Waals surface area (Å²) in [5, 5.41) is 14.5. The average molecular weight is 270 g/mol. The lowest BCUT2D eigenvalue weighted by Crippen LogP contribution is -2.40. The second kappa shape index (κ2) is 5.75. The highest BCUT2D eigenvalue weighted by Crippen LogP contribution is 2.29. The molecular formula is C16H22N4. The van der Waals surface area contributed by atoms with Crippen LogP contribution < -0.4 is 10.2 Å². The molecule has 2 aromatic rings. The molecule has 0 amide bonds. The van der Waals surface area contributed by atoms with E-state index in [2.05, 4.69) is 58.5 Å². The smallest absolute Gasteiger partial charge is 0.159 e. The second-order valence-corrected chi connectivity index (χ2v) is 5.81. The highest BCUT2D eigenvalue weighted by molar-refractivity contribution is 5.91. The molecule has 20 heavy (non-hydrogen) atoms. The van der Waals surface area contributed by atoms with Crippen molar-refractivity contribution < 1.29 is 0 Å². The van der Waals surface area contributed by atoms with Crippen LogP contribution in [0.1, 0.15) is 26.7 Å². The minimum Gasteiger partial charge on any atom is -0.350 e. The fourth-order valence-corrected chi connectivity index (χ4v) is 2.92. The van der Waals surface area contributed by atoms with Crippen molar-refractivity contribution in [2.75, 3.05) is 18.0 Å². The highest BCUT2D eigenvalue weighted by atomic mass is 15.3. The predicted molar refractivity (Wildman–Crippen MR) is 83.0 cm³/mol. The molecule has 1 aliphatic rings. The van der Waals surface area contributed by atoms with Gasteiger partial charge >= 0.3 is 0 Å². The molecule has 0 aliphatic carbocycles. The largest absolute Gasteiger partial charge is 0.350 e. The van der Waals surface area contributed by atoms with Gasteiger partial charge in [-0.3, -0.25) is 0 Å². The summed E-state index contributed by atoms with van der Waals surface area (Å²) in [7, 11) is 0. The number of nitrogens with zero attached hydrogens (tertiary/aromatic N) is 3. The van der Waals surface area contributed by atoms with Gasteiger partial charge in [0.05, 0.1) is 6.20 Å². The fourth-order valence-electron chi connectivity index (χ4n) is 2.92. The fraction of sp³-hybridized carbons (Fsp3) is 0.500. The third-order valence-corrected chi connectivity index (χ3v) is 3.96. The lowest BCUT2D eigenvalue weighted by molar-refractivity contribution is 0.522. The molecule has 0 radical (unpaired) electrons. The summed E-state index contributed by atoms with van der Waals surface area (Å²) < 4.78 is 0. The predicted octanol–water partition coefficient (Wildman–Crippen LogP) is 2.60. The Morgan fingerprint density at radius 3 is 3.05 bits per heavy atom. The quantitative estimate of drug-likeness (QED) is 0.927. The number of benzene rings is 1. The average Bonchev–Trinajstić information content (AvgIpc) is 2.92.